The Labute approximate surface area is 122 Å². The van der Waals surface area contributed by atoms with E-state index in [4.69, 9.17) is 4.74 Å². The summed E-state index contributed by atoms with van der Waals surface area (Å²) in [5.41, 5.74) is 1.04. The van der Waals surface area contributed by atoms with Crippen molar-refractivity contribution in [2.45, 2.75) is 31.7 Å². The van der Waals surface area contributed by atoms with Crippen LogP contribution in [0.4, 0.5) is 5.00 Å². The van der Waals surface area contributed by atoms with Gasteiger partial charge in [-0.2, -0.15) is 4.37 Å². The van der Waals surface area contributed by atoms with Crippen molar-refractivity contribution in [3.8, 4) is 0 Å². The van der Waals surface area contributed by atoms with E-state index in [1.54, 1.807) is 0 Å². The average molecular weight is 290 g/mol. The largest absolute Gasteiger partial charge is 0.469 e. The Morgan fingerprint density at radius 2 is 2.30 bits per heavy atom. The summed E-state index contributed by atoms with van der Waals surface area (Å²) < 4.78 is 9.34. The van der Waals surface area contributed by atoms with Gasteiger partial charge in [-0.25, -0.2) is 0 Å². The number of anilines is 1. The van der Waals surface area contributed by atoms with Gasteiger partial charge in [0.1, 0.15) is 5.00 Å². The third-order valence-corrected chi connectivity index (χ3v) is 4.80. The van der Waals surface area contributed by atoms with Gasteiger partial charge in [-0.3, -0.25) is 4.79 Å². The molecule has 0 amide bonds. The SMILES string of the molecule is COC(=O)CC1CCCCN1c1snc2ccccc12. The molecule has 3 rings (SSSR count). The maximum absolute atomic E-state index is 11.6. The second-order valence-electron chi connectivity index (χ2n) is 5.13. The van der Waals surface area contributed by atoms with E-state index >= 15 is 0 Å². The molecule has 1 aromatic carbocycles. The highest BCUT2D eigenvalue weighted by Crippen LogP contribution is 2.35. The molecule has 20 heavy (non-hydrogen) atoms. The highest BCUT2D eigenvalue weighted by molar-refractivity contribution is 7.11. The molecule has 0 spiro atoms. The number of esters is 1. The van der Waals surface area contributed by atoms with Crippen molar-refractivity contribution in [3.05, 3.63) is 24.3 Å². The lowest BCUT2D eigenvalue weighted by Gasteiger charge is -2.35. The van der Waals surface area contributed by atoms with Crippen molar-refractivity contribution >= 4 is 33.4 Å². The summed E-state index contributed by atoms with van der Waals surface area (Å²) in [4.78, 5) is 13.9. The van der Waals surface area contributed by atoms with E-state index in [9.17, 15) is 4.79 Å². The topological polar surface area (TPSA) is 42.4 Å². The standard InChI is InChI=1S/C15H18N2O2S/c1-19-14(18)10-11-6-4-5-9-17(11)15-12-7-2-3-8-13(12)16-20-15/h2-3,7-8,11H,4-6,9-10H2,1H3. The van der Waals surface area contributed by atoms with Crippen molar-refractivity contribution < 1.29 is 9.53 Å². The van der Waals surface area contributed by atoms with Gasteiger partial charge in [-0.1, -0.05) is 12.1 Å². The average Bonchev–Trinajstić information content (AvgIpc) is 2.91. The Morgan fingerprint density at radius 3 is 3.15 bits per heavy atom. The van der Waals surface area contributed by atoms with Crippen LogP contribution in [0.3, 0.4) is 0 Å². The fourth-order valence-corrected chi connectivity index (χ4v) is 3.80. The number of fused-ring (bicyclic) bond motifs is 1. The van der Waals surface area contributed by atoms with E-state index in [2.05, 4.69) is 15.3 Å². The minimum atomic E-state index is -0.129. The summed E-state index contributed by atoms with van der Waals surface area (Å²) in [7, 11) is 1.46. The van der Waals surface area contributed by atoms with Crippen molar-refractivity contribution in [2.24, 2.45) is 0 Å². The summed E-state index contributed by atoms with van der Waals surface area (Å²) >= 11 is 1.53. The number of hydrogen-bond acceptors (Lipinski definition) is 5. The summed E-state index contributed by atoms with van der Waals surface area (Å²) in [5, 5.41) is 2.38. The lowest BCUT2D eigenvalue weighted by molar-refractivity contribution is -0.141. The fraction of sp³-hybridized carbons (Fsp3) is 0.467. The Balaban J connectivity index is 1.91. The highest BCUT2D eigenvalue weighted by Gasteiger charge is 2.27. The number of nitrogens with zero attached hydrogens (tertiary/aromatic N) is 2. The van der Waals surface area contributed by atoms with Gasteiger partial charge >= 0.3 is 5.97 Å². The zero-order chi connectivity index (χ0) is 13.9. The molecule has 1 fully saturated rings. The predicted molar refractivity (Wildman–Crippen MR) is 81.2 cm³/mol. The third kappa shape index (κ3) is 2.50. The van der Waals surface area contributed by atoms with Gasteiger partial charge in [-0.05, 0) is 42.9 Å². The van der Waals surface area contributed by atoms with Crippen LogP contribution in [0.2, 0.25) is 0 Å². The summed E-state index contributed by atoms with van der Waals surface area (Å²) in [5.74, 6) is -0.129. The molecule has 1 aliphatic rings. The minimum Gasteiger partial charge on any atom is -0.469 e. The van der Waals surface area contributed by atoms with E-state index < -0.39 is 0 Å². The number of benzene rings is 1. The zero-order valence-corrected chi connectivity index (χ0v) is 12.4. The molecule has 0 bridgehead atoms. The lowest BCUT2D eigenvalue weighted by Crippen LogP contribution is -2.40. The molecule has 1 aromatic heterocycles. The van der Waals surface area contributed by atoms with Crippen molar-refractivity contribution in [2.75, 3.05) is 18.6 Å². The molecule has 2 heterocycles. The first kappa shape index (κ1) is 13.4. The molecular formula is C15H18N2O2S. The van der Waals surface area contributed by atoms with Gasteiger partial charge < -0.3 is 9.64 Å². The number of rotatable bonds is 3. The Bertz CT molecular complexity index is 611. The molecule has 1 atom stereocenters. The first-order valence-electron chi connectivity index (χ1n) is 6.97. The van der Waals surface area contributed by atoms with Crippen LogP contribution in [0, 0.1) is 0 Å². The van der Waals surface area contributed by atoms with E-state index in [1.807, 2.05) is 18.2 Å². The van der Waals surface area contributed by atoms with Crippen LogP contribution < -0.4 is 4.90 Å². The highest BCUT2D eigenvalue weighted by atomic mass is 32.1. The Hall–Kier alpha value is -1.62. The van der Waals surface area contributed by atoms with Gasteiger partial charge in [0.25, 0.3) is 0 Å². The van der Waals surface area contributed by atoms with Crippen molar-refractivity contribution in [3.63, 3.8) is 0 Å². The number of ether oxygens (including phenoxy) is 1. The number of methoxy groups -OCH3 is 1. The predicted octanol–water partition coefficient (Wildman–Crippen LogP) is 3.22. The van der Waals surface area contributed by atoms with Crippen LogP contribution in [0.1, 0.15) is 25.7 Å². The van der Waals surface area contributed by atoms with Gasteiger partial charge in [0.2, 0.25) is 0 Å². The van der Waals surface area contributed by atoms with Gasteiger partial charge in [-0.15, -0.1) is 0 Å². The Kier molecular flexibility index (Phi) is 3.87. The zero-order valence-electron chi connectivity index (χ0n) is 11.5. The molecule has 0 saturated carbocycles. The molecule has 0 N–H and O–H groups in total. The van der Waals surface area contributed by atoms with Crippen LogP contribution in [-0.4, -0.2) is 30.0 Å². The molecule has 5 heteroatoms. The molecule has 1 unspecified atom stereocenters. The number of carbonyl (C=O) groups is 1. The van der Waals surface area contributed by atoms with Gasteiger partial charge in [0, 0.05) is 18.0 Å². The first-order chi connectivity index (χ1) is 9.79. The fourth-order valence-electron chi connectivity index (χ4n) is 2.84. The summed E-state index contributed by atoms with van der Waals surface area (Å²) in [6.07, 6.45) is 3.85. The monoisotopic (exact) mass is 290 g/mol. The quantitative estimate of drug-likeness (QED) is 0.814. The third-order valence-electron chi connectivity index (χ3n) is 3.88. The van der Waals surface area contributed by atoms with E-state index in [1.165, 1.54) is 41.9 Å². The van der Waals surface area contributed by atoms with Crippen molar-refractivity contribution in [1.82, 2.24) is 4.37 Å². The molecule has 0 radical (unpaired) electrons. The lowest BCUT2D eigenvalue weighted by atomic mass is 9.99. The molecular weight excluding hydrogens is 272 g/mol. The molecule has 4 nitrogen and oxygen atoms in total. The van der Waals surface area contributed by atoms with Crippen LogP contribution in [0.15, 0.2) is 24.3 Å². The molecule has 1 aliphatic heterocycles. The maximum Gasteiger partial charge on any atom is 0.307 e. The summed E-state index contributed by atoms with van der Waals surface area (Å²) in [6.45, 7) is 0.994. The second-order valence-corrected chi connectivity index (χ2v) is 5.88. The molecule has 1 saturated heterocycles. The van der Waals surface area contributed by atoms with Crippen molar-refractivity contribution in [1.29, 1.82) is 0 Å². The van der Waals surface area contributed by atoms with Crippen LogP contribution >= 0.6 is 11.5 Å². The van der Waals surface area contributed by atoms with Gasteiger partial charge in [0.15, 0.2) is 0 Å². The normalized spacial score (nSPS) is 19.2. The van der Waals surface area contributed by atoms with Crippen LogP contribution in [-0.2, 0) is 9.53 Å². The Morgan fingerprint density at radius 1 is 1.45 bits per heavy atom. The number of piperidine rings is 1. The molecule has 106 valence electrons. The molecule has 2 aromatic rings. The number of aromatic nitrogens is 1. The minimum absolute atomic E-state index is 0.129. The van der Waals surface area contributed by atoms with E-state index in [0.29, 0.717) is 6.42 Å². The first-order valence-corrected chi connectivity index (χ1v) is 7.75. The second kappa shape index (κ2) is 5.79. The maximum atomic E-state index is 11.6. The molecule has 0 aliphatic carbocycles. The van der Waals surface area contributed by atoms with Crippen LogP contribution in [0.25, 0.3) is 10.9 Å². The number of hydrogen-bond donors (Lipinski definition) is 0. The van der Waals surface area contributed by atoms with E-state index in [-0.39, 0.29) is 12.0 Å². The number of carbonyl (C=O) groups excluding carboxylic acids is 1. The van der Waals surface area contributed by atoms with Gasteiger partial charge in [0.05, 0.1) is 19.0 Å². The smallest absolute Gasteiger partial charge is 0.307 e. The van der Waals surface area contributed by atoms with Crippen LogP contribution in [0.5, 0.6) is 0 Å². The van der Waals surface area contributed by atoms with E-state index in [0.717, 1.165) is 18.5 Å². The summed E-state index contributed by atoms with van der Waals surface area (Å²) in [6, 6.07) is 8.43.